The smallest absolute Gasteiger partial charge is 0.269 e. The minimum Gasteiger partial charge on any atom is -0.508 e. The quantitative estimate of drug-likeness (QED) is 0.564. The van der Waals surface area contributed by atoms with Crippen LogP contribution in [0.1, 0.15) is 18.4 Å². The SMILES string of the molecule is CC(CN)c1cc([N+](=O)[O-])ccc1O. The zero-order chi connectivity index (χ0) is 10.7. The van der Waals surface area contributed by atoms with Crippen LogP contribution in [0.25, 0.3) is 0 Å². The first-order valence-electron chi connectivity index (χ1n) is 4.23. The third-order valence-corrected chi connectivity index (χ3v) is 2.11. The van der Waals surface area contributed by atoms with Crippen LogP contribution in [0.15, 0.2) is 18.2 Å². The van der Waals surface area contributed by atoms with E-state index >= 15 is 0 Å². The van der Waals surface area contributed by atoms with Gasteiger partial charge in [-0.25, -0.2) is 0 Å². The first kappa shape index (κ1) is 10.5. The molecule has 76 valence electrons. The van der Waals surface area contributed by atoms with E-state index in [2.05, 4.69) is 0 Å². The van der Waals surface area contributed by atoms with Gasteiger partial charge < -0.3 is 10.8 Å². The Labute approximate surface area is 81.3 Å². The zero-order valence-electron chi connectivity index (χ0n) is 7.80. The molecule has 1 aromatic carbocycles. The van der Waals surface area contributed by atoms with E-state index in [0.29, 0.717) is 12.1 Å². The molecule has 0 saturated carbocycles. The zero-order valence-corrected chi connectivity index (χ0v) is 7.80. The number of hydrogen-bond acceptors (Lipinski definition) is 4. The van der Waals surface area contributed by atoms with Crippen LogP contribution >= 0.6 is 0 Å². The van der Waals surface area contributed by atoms with Crippen LogP contribution in [0.5, 0.6) is 5.75 Å². The maximum Gasteiger partial charge on any atom is 0.269 e. The molecule has 0 radical (unpaired) electrons. The van der Waals surface area contributed by atoms with Gasteiger partial charge >= 0.3 is 0 Å². The molecular weight excluding hydrogens is 184 g/mol. The molecule has 0 aliphatic carbocycles. The summed E-state index contributed by atoms with van der Waals surface area (Å²) in [5, 5.41) is 19.9. The Kier molecular flexibility index (Phi) is 3.03. The summed E-state index contributed by atoms with van der Waals surface area (Å²) in [4.78, 5) is 9.97. The molecule has 0 spiro atoms. The molecule has 0 saturated heterocycles. The van der Waals surface area contributed by atoms with E-state index in [1.807, 2.05) is 0 Å². The fourth-order valence-electron chi connectivity index (χ4n) is 1.18. The van der Waals surface area contributed by atoms with Gasteiger partial charge in [-0.2, -0.15) is 0 Å². The molecule has 1 aromatic rings. The molecule has 5 heteroatoms. The lowest BCUT2D eigenvalue weighted by Gasteiger charge is -2.10. The fraction of sp³-hybridized carbons (Fsp3) is 0.333. The van der Waals surface area contributed by atoms with Gasteiger partial charge in [0, 0.05) is 17.7 Å². The summed E-state index contributed by atoms with van der Waals surface area (Å²) in [6.45, 7) is 2.15. The van der Waals surface area contributed by atoms with Gasteiger partial charge in [-0.05, 0) is 18.5 Å². The Bertz CT molecular complexity index is 352. The monoisotopic (exact) mass is 196 g/mol. The summed E-state index contributed by atoms with van der Waals surface area (Å²) in [5.41, 5.74) is 5.90. The van der Waals surface area contributed by atoms with Gasteiger partial charge in [-0.15, -0.1) is 0 Å². The van der Waals surface area contributed by atoms with E-state index in [4.69, 9.17) is 5.73 Å². The first-order chi connectivity index (χ1) is 6.56. The van der Waals surface area contributed by atoms with Gasteiger partial charge in [0.2, 0.25) is 0 Å². The minimum absolute atomic E-state index is 0.0295. The van der Waals surface area contributed by atoms with Crippen molar-refractivity contribution in [2.75, 3.05) is 6.54 Å². The van der Waals surface area contributed by atoms with E-state index in [0.717, 1.165) is 0 Å². The van der Waals surface area contributed by atoms with E-state index in [9.17, 15) is 15.2 Å². The van der Waals surface area contributed by atoms with Crippen molar-refractivity contribution in [2.24, 2.45) is 5.73 Å². The van der Waals surface area contributed by atoms with Crippen molar-refractivity contribution >= 4 is 5.69 Å². The third kappa shape index (κ3) is 2.00. The van der Waals surface area contributed by atoms with Gasteiger partial charge in [0.1, 0.15) is 5.75 Å². The Morgan fingerprint density at radius 3 is 2.79 bits per heavy atom. The normalized spacial score (nSPS) is 12.4. The van der Waals surface area contributed by atoms with Crippen LogP contribution in [0.2, 0.25) is 0 Å². The van der Waals surface area contributed by atoms with Gasteiger partial charge in [0.25, 0.3) is 5.69 Å². The van der Waals surface area contributed by atoms with Crippen molar-refractivity contribution in [3.8, 4) is 5.75 Å². The Balaban J connectivity index is 3.14. The van der Waals surface area contributed by atoms with E-state index < -0.39 is 4.92 Å². The molecule has 0 heterocycles. The number of benzene rings is 1. The summed E-state index contributed by atoms with van der Waals surface area (Å²) in [6, 6.07) is 3.94. The highest BCUT2D eigenvalue weighted by Gasteiger charge is 2.14. The van der Waals surface area contributed by atoms with Gasteiger partial charge in [-0.1, -0.05) is 6.92 Å². The predicted octanol–water partition coefficient (Wildman–Crippen LogP) is 1.36. The van der Waals surface area contributed by atoms with Crippen molar-refractivity contribution in [3.63, 3.8) is 0 Å². The average Bonchev–Trinajstić information content (AvgIpc) is 2.17. The summed E-state index contributed by atoms with van der Waals surface area (Å²) < 4.78 is 0. The molecule has 0 aromatic heterocycles. The van der Waals surface area contributed by atoms with Crippen LogP contribution in [-0.2, 0) is 0 Å². The fourth-order valence-corrected chi connectivity index (χ4v) is 1.18. The Hall–Kier alpha value is -1.62. The van der Waals surface area contributed by atoms with Crippen LogP contribution in [0, 0.1) is 10.1 Å². The van der Waals surface area contributed by atoms with E-state index in [-0.39, 0.29) is 17.4 Å². The maximum absolute atomic E-state index is 10.5. The standard InChI is InChI=1S/C9H12N2O3/c1-6(5-10)8-4-7(11(13)14)2-3-9(8)12/h2-4,6,12H,5,10H2,1H3. The van der Waals surface area contributed by atoms with Crippen molar-refractivity contribution < 1.29 is 10.0 Å². The Morgan fingerprint density at radius 2 is 2.29 bits per heavy atom. The molecular formula is C9H12N2O3. The molecule has 0 amide bonds. The lowest BCUT2D eigenvalue weighted by Crippen LogP contribution is -2.09. The highest BCUT2D eigenvalue weighted by Crippen LogP contribution is 2.28. The summed E-state index contributed by atoms with van der Waals surface area (Å²) in [6.07, 6.45) is 0. The second kappa shape index (κ2) is 4.06. The van der Waals surface area contributed by atoms with Gasteiger partial charge in [0.05, 0.1) is 4.92 Å². The van der Waals surface area contributed by atoms with Crippen LogP contribution in [-0.4, -0.2) is 16.6 Å². The summed E-state index contributed by atoms with van der Waals surface area (Å²) >= 11 is 0. The molecule has 1 rings (SSSR count). The highest BCUT2D eigenvalue weighted by atomic mass is 16.6. The van der Waals surface area contributed by atoms with Crippen molar-refractivity contribution in [3.05, 3.63) is 33.9 Å². The topological polar surface area (TPSA) is 89.4 Å². The molecule has 0 bridgehead atoms. The molecule has 14 heavy (non-hydrogen) atoms. The highest BCUT2D eigenvalue weighted by molar-refractivity contribution is 5.44. The third-order valence-electron chi connectivity index (χ3n) is 2.11. The van der Waals surface area contributed by atoms with Crippen molar-refractivity contribution in [1.29, 1.82) is 0 Å². The van der Waals surface area contributed by atoms with E-state index in [1.54, 1.807) is 6.92 Å². The van der Waals surface area contributed by atoms with Crippen LogP contribution in [0.4, 0.5) is 5.69 Å². The van der Waals surface area contributed by atoms with Gasteiger partial charge in [-0.3, -0.25) is 10.1 Å². The lowest BCUT2D eigenvalue weighted by atomic mass is 10.00. The molecule has 0 aliphatic rings. The van der Waals surface area contributed by atoms with Gasteiger partial charge in [0.15, 0.2) is 0 Å². The second-order valence-corrected chi connectivity index (χ2v) is 3.14. The van der Waals surface area contributed by atoms with Crippen LogP contribution in [0.3, 0.4) is 0 Å². The number of rotatable bonds is 3. The Morgan fingerprint density at radius 1 is 1.64 bits per heavy atom. The summed E-state index contributed by atoms with van der Waals surface area (Å²) in [7, 11) is 0. The number of aromatic hydroxyl groups is 1. The number of hydrogen-bond donors (Lipinski definition) is 2. The molecule has 0 aliphatic heterocycles. The molecule has 0 fully saturated rings. The minimum atomic E-state index is -0.494. The van der Waals surface area contributed by atoms with Crippen molar-refractivity contribution in [1.82, 2.24) is 0 Å². The number of nitrogens with two attached hydrogens (primary N) is 1. The van der Waals surface area contributed by atoms with E-state index in [1.165, 1.54) is 18.2 Å². The summed E-state index contributed by atoms with van der Waals surface area (Å²) in [5.74, 6) is -0.0385. The number of phenolic OH excluding ortho intramolecular Hbond substituents is 1. The number of phenols is 1. The molecule has 5 nitrogen and oxygen atoms in total. The molecule has 1 unspecified atom stereocenters. The number of non-ortho nitro benzene ring substituents is 1. The molecule has 3 N–H and O–H groups in total. The van der Waals surface area contributed by atoms with Crippen molar-refractivity contribution in [2.45, 2.75) is 12.8 Å². The molecule has 1 atom stereocenters. The maximum atomic E-state index is 10.5. The average molecular weight is 196 g/mol. The number of nitrogens with zero attached hydrogens (tertiary/aromatic N) is 1. The van der Waals surface area contributed by atoms with Crippen LogP contribution < -0.4 is 5.73 Å². The number of nitro benzene ring substituents is 1. The first-order valence-corrected chi connectivity index (χ1v) is 4.23. The second-order valence-electron chi connectivity index (χ2n) is 3.14. The largest absolute Gasteiger partial charge is 0.508 e. The predicted molar refractivity (Wildman–Crippen MR) is 52.2 cm³/mol. The number of nitro groups is 1. The lowest BCUT2D eigenvalue weighted by molar-refractivity contribution is -0.385.